The molecule has 0 bridgehead atoms. The van der Waals surface area contributed by atoms with E-state index in [1.165, 1.54) is 0 Å². The van der Waals surface area contributed by atoms with E-state index in [0.29, 0.717) is 5.56 Å². The molecule has 1 rings (SSSR count). The first kappa shape index (κ1) is 10.9. The molecule has 0 saturated heterocycles. The third-order valence-electron chi connectivity index (χ3n) is 2.01. The van der Waals surface area contributed by atoms with Crippen molar-refractivity contribution in [2.45, 2.75) is 13.8 Å². The average Bonchev–Trinajstić information content (AvgIpc) is 2.19. The quantitative estimate of drug-likeness (QED) is 0.436. The van der Waals surface area contributed by atoms with E-state index >= 15 is 0 Å². The van der Waals surface area contributed by atoms with Crippen molar-refractivity contribution in [1.29, 1.82) is 0 Å². The third kappa shape index (κ3) is 2.20. The number of Topliss-reactive ketones (excluding diaryl/α,β-unsaturated/α-hetero) is 2. The van der Waals surface area contributed by atoms with Crippen LogP contribution in [0.5, 0.6) is 0 Å². The molecule has 74 valence electrons. The Balaban J connectivity index is 3.12. The van der Waals surface area contributed by atoms with Gasteiger partial charge in [0.1, 0.15) is 0 Å². The highest BCUT2D eigenvalue weighted by molar-refractivity contribution is 6.51. The molecule has 0 saturated carbocycles. The van der Waals surface area contributed by atoms with E-state index < -0.39 is 11.6 Å². The molecular weight excluding hydrogens is 200 g/mol. The highest BCUT2D eigenvalue weighted by Crippen LogP contribution is 2.11. The van der Waals surface area contributed by atoms with E-state index in [-0.39, 0.29) is 5.88 Å². The fraction of sp³-hybridized carbons (Fsp3) is 0.273. The molecule has 14 heavy (non-hydrogen) atoms. The van der Waals surface area contributed by atoms with Crippen LogP contribution in [0.25, 0.3) is 0 Å². The van der Waals surface area contributed by atoms with E-state index in [0.717, 1.165) is 11.1 Å². The Morgan fingerprint density at radius 3 is 2.50 bits per heavy atom. The van der Waals surface area contributed by atoms with Gasteiger partial charge >= 0.3 is 0 Å². The van der Waals surface area contributed by atoms with Crippen molar-refractivity contribution in [2.24, 2.45) is 0 Å². The summed E-state index contributed by atoms with van der Waals surface area (Å²) >= 11 is 5.32. The van der Waals surface area contributed by atoms with Gasteiger partial charge in [-0.05, 0) is 25.5 Å². The van der Waals surface area contributed by atoms with Gasteiger partial charge in [-0.15, -0.1) is 11.6 Å². The van der Waals surface area contributed by atoms with E-state index in [4.69, 9.17) is 11.6 Å². The van der Waals surface area contributed by atoms with Gasteiger partial charge in [-0.3, -0.25) is 9.59 Å². The number of benzene rings is 1. The average molecular weight is 211 g/mol. The van der Waals surface area contributed by atoms with Gasteiger partial charge in [0, 0.05) is 5.56 Å². The summed E-state index contributed by atoms with van der Waals surface area (Å²) in [5, 5.41) is 0. The number of carbonyl (C=O) groups is 2. The topological polar surface area (TPSA) is 34.1 Å². The molecule has 0 fully saturated rings. The molecule has 0 aromatic heterocycles. The zero-order chi connectivity index (χ0) is 10.7. The number of carbonyl (C=O) groups excluding carboxylic acids is 2. The van der Waals surface area contributed by atoms with Crippen LogP contribution in [0.2, 0.25) is 0 Å². The summed E-state index contributed by atoms with van der Waals surface area (Å²) in [5.41, 5.74) is 2.22. The van der Waals surface area contributed by atoms with Gasteiger partial charge in [-0.1, -0.05) is 17.7 Å². The Hall–Kier alpha value is -1.15. The smallest absolute Gasteiger partial charge is 0.230 e. The molecule has 1 aromatic rings. The van der Waals surface area contributed by atoms with Crippen molar-refractivity contribution in [2.75, 3.05) is 5.88 Å². The Bertz CT molecular complexity index is 383. The van der Waals surface area contributed by atoms with Crippen LogP contribution < -0.4 is 0 Å². The van der Waals surface area contributed by atoms with Crippen molar-refractivity contribution >= 4 is 23.2 Å². The summed E-state index contributed by atoms with van der Waals surface area (Å²) in [6.45, 7) is 3.68. The van der Waals surface area contributed by atoms with Gasteiger partial charge < -0.3 is 0 Å². The molecule has 3 heteroatoms. The van der Waals surface area contributed by atoms with Crippen LogP contribution in [0.15, 0.2) is 18.2 Å². The van der Waals surface area contributed by atoms with Crippen LogP contribution in [0.3, 0.4) is 0 Å². The summed E-state index contributed by atoms with van der Waals surface area (Å²) in [6, 6.07) is 5.43. The molecule has 2 nitrogen and oxygen atoms in total. The summed E-state index contributed by atoms with van der Waals surface area (Å²) in [4.78, 5) is 22.6. The zero-order valence-corrected chi connectivity index (χ0v) is 8.89. The number of rotatable bonds is 3. The highest BCUT2D eigenvalue weighted by atomic mass is 35.5. The molecular formula is C11H11ClO2. The van der Waals surface area contributed by atoms with Crippen molar-refractivity contribution in [3.05, 3.63) is 34.9 Å². The summed E-state index contributed by atoms with van der Waals surface area (Å²) in [7, 11) is 0. The molecule has 0 heterocycles. The third-order valence-corrected chi connectivity index (χ3v) is 2.26. The van der Waals surface area contributed by atoms with E-state index in [1.807, 2.05) is 19.1 Å². The summed E-state index contributed by atoms with van der Waals surface area (Å²) in [6.07, 6.45) is 0. The maximum Gasteiger partial charge on any atom is 0.230 e. The lowest BCUT2D eigenvalue weighted by molar-refractivity contribution is -0.112. The SMILES string of the molecule is Cc1ccc(C)c(C(=O)C(=O)CCl)c1. The van der Waals surface area contributed by atoms with E-state index in [9.17, 15) is 9.59 Å². The monoisotopic (exact) mass is 210 g/mol. The van der Waals surface area contributed by atoms with Crippen molar-refractivity contribution in [3.8, 4) is 0 Å². The Labute approximate surface area is 87.9 Å². The minimum absolute atomic E-state index is 0.258. The number of alkyl halides is 1. The number of halogens is 1. The molecule has 0 amide bonds. The van der Waals surface area contributed by atoms with Gasteiger partial charge in [0.05, 0.1) is 5.88 Å². The predicted octanol–water partition coefficient (Wildman–Crippen LogP) is 2.29. The highest BCUT2D eigenvalue weighted by Gasteiger charge is 2.16. The van der Waals surface area contributed by atoms with E-state index in [1.54, 1.807) is 13.0 Å². The number of hydrogen-bond acceptors (Lipinski definition) is 2. The standard InChI is InChI=1S/C11H11ClO2/c1-7-3-4-8(2)9(5-7)11(14)10(13)6-12/h3-5H,6H2,1-2H3. The molecule has 0 radical (unpaired) electrons. The zero-order valence-electron chi connectivity index (χ0n) is 8.13. The first-order chi connectivity index (χ1) is 6.56. The largest absolute Gasteiger partial charge is 0.289 e. The maximum absolute atomic E-state index is 11.5. The second kappa shape index (κ2) is 4.38. The molecule has 0 unspecified atom stereocenters. The van der Waals surface area contributed by atoms with Crippen LogP contribution in [0.1, 0.15) is 21.5 Å². The van der Waals surface area contributed by atoms with Gasteiger partial charge in [-0.2, -0.15) is 0 Å². The Morgan fingerprint density at radius 1 is 1.29 bits per heavy atom. The van der Waals surface area contributed by atoms with Gasteiger partial charge in [0.2, 0.25) is 11.6 Å². The normalized spacial score (nSPS) is 9.93. The lowest BCUT2D eigenvalue weighted by atomic mass is 10.0. The van der Waals surface area contributed by atoms with Gasteiger partial charge in [0.15, 0.2) is 0 Å². The number of aryl methyl sites for hydroxylation is 2. The molecule has 0 aliphatic rings. The molecule has 0 aliphatic carbocycles. The van der Waals surface area contributed by atoms with Crippen LogP contribution in [0.4, 0.5) is 0 Å². The Morgan fingerprint density at radius 2 is 1.93 bits per heavy atom. The van der Waals surface area contributed by atoms with Gasteiger partial charge in [-0.25, -0.2) is 0 Å². The predicted molar refractivity (Wildman–Crippen MR) is 56.0 cm³/mol. The summed E-state index contributed by atoms with van der Waals surface area (Å²) in [5.74, 6) is -1.31. The lowest BCUT2D eigenvalue weighted by Crippen LogP contribution is -2.16. The number of hydrogen-bond donors (Lipinski definition) is 0. The van der Waals surface area contributed by atoms with Crippen molar-refractivity contribution in [3.63, 3.8) is 0 Å². The second-order valence-corrected chi connectivity index (χ2v) is 3.47. The van der Waals surface area contributed by atoms with Crippen LogP contribution in [-0.4, -0.2) is 17.4 Å². The minimum Gasteiger partial charge on any atom is -0.289 e. The molecule has 0 aliphatic heterocycles. The van der Waals surface area contributed by atoms with E-state index in [2.05, 4.69) is 0 Å². The van der Waals surface area contributed by atoms with Crippen LogP contribution >= 0.6 is 11.6 Å². The van der Waals surface area contributed by atoms with Crippen LogP contribution in [-0.2, 0) is 4.79 Å². The minimum atomic E-state index is -0.555. The Kier molecular flexibility index (Phi) is 3.42. The fourth-order valence-corrected chi connectivity index (χ4v) is 1.31. The number of ketones is 2. The lowest BCUT2D eigenvalue weighted by Gasteiger charge is -2.03. The molecule has 1 aromatic carbocycles. The maximum atomic E-state index is 11.5. The second-order valence-electron chi connectivity index (χ2n) is 3.20. The molecule has 0 N–H and O–H groups in total. The first-order valence-electron chi connectivity index (χ1n) is 4.27. The van der Waals surface area contributed by atoms with Gasteiger partial charge in [0.25, 0.3) is 0 Å². The first-order valence-corrected chi connectivity index (χ1v) is 4.80. The van der Waals surface area contributed by atoms with Crippen LogP contribution in [0, 0.1) is 13.8 Å². The van der Waals surface area contributed by atoms with Crippen molar-refractivity contribution < 1.29 is 9.59 Å². The van der Waals surface area contributed by atoms with Crippen molar-refractivity contribution in [1.82, 2.24) is 0 Å². The molecule has 0 atom stereocenters. The molecule has 0 spiro atoms. The fourth-order valence-electron chi connectivity index (χ4n) is 1.19. The summed E-state index contributed by atoms with van der Waals surface area (Å²) < 4.78 is 0.